The van der Waals surface area contributed by atoms with Crippen LogP contribution in [0.25, 0.3) is 0 Å². The second-order valence-corrected chi connectivity index (χ2v) is 8.16. The minimum absolute atomic E-state index is 0.00172. The van der Waals surface area contributed by atoms with Gasteiger partial charge in [0.1, 0.15) is 6.04 Å². The highest BCUT2D eigenvalue weighted by atomic mass is 35.5. The lowest BCUT2D eigenvalue weighted by atomic mass is 10.1. The summed E-state index contributed by atoms with van der Waals surface area (Å²) in [6.07, 6.45) is 2.15. The van der Waals surface area contributed by atoms with E-state index in [4.69, 9.17) is 26.8 Å². The molecule has 3 N–H and O–H groups in total. The Labute approximate surface area is 186 Å². The van der Waals surface area contributed by atoms with E-state index in [9.17, 15) is 18.4 Å². The predicted molar refractivity (Wildman–Crippen MR) is 110 cm³/mol. The van der Waals surface area contributed by atoms with Gasteiger partial charge in [0.25, 0.3) is 11.8 Å². The summed E-state index contributed by atoms with van der Waals surface area (Å²) >= 11 is 5.84. The van der Waals surface area contributed by atoms with Gasteiger partial charge >= 0.3 is 6.09 Å². The molecule has 0 unspecified atom stereocenters. The van der Waals surface area contributed by atoms with Crippen LogP contribution in [-0.4, -0.2) is 47.6 Å². The second kappa shape index (κ2) is 8.73. The topological polar surface area (TPSA) is 120 Å². The molecule has 170 valence electrons. The highest BCUT2D eigenvalue weighted by molar-refractivity contribution is 6.30. The summed E-state index contributed by atoms with van der Waals surface area (Å²) in [6.45, 7) is -0.630. The Morgan fingerprint density at radius 1 is 1.28 bits per heavy atom. The molecular formula is C20H20ClF2N5O4. The van der Waals surface area contributed by atoms with Gasteiger partial charge in [-0.3, -0.25) is 4.79 Å². The predicted octanol–water partition coefficient (Wildman–Crippen LogP) is 2.69. The van der Waals surface area contributed by atoms with Crippen LogP contribution in [0.5, 0.6) is 11.8 Å². The van der Waals surface area contributed by atoms with Gasteiger partial charge in [0.2, 0.25) is 11.8 Å². The van der Waals surface area contributed by atoms with Gasteiger partial charge in [-0.05, 0) is 36.5 Å². The molecule has 2 amide bonds. The van der Waals surface area contributed by atoms with Gasteiger partial charge in [0, 0.05) is 5.02 Å². The van der Waals surface area contributed by atoms with E-state index in [1.165, 1.54) is 4.90 Å². The van der Waals surface area contributed by atoms with E-state index < -0.39 is 37.1 Å². The van der Waals surface area contributed by atoms with E-state index >= 15 is 0 Å². The number of anilines is 1. The number of halogens is 3. The molecule has 4 rings (SSSR count). The molecule has 2 heterocycles. The standard InChI is InChI=1S/C20H20ClF2N5O4/c21-13-5-3-12(4-6-13)15(16(24)29)27-19(30)32-14-7-25-17(28-9-20(22,23)10-28)18(26-14)31-8-11-1-2-11/h3-7,11,15H,1-2,8-10H2,(H2,24,29)(H,27,30)/t15-/m0/s1. The summed E-state index contributed by atoms with van der Waals surface area (Å²) in [5.74, 6) is -3.29. The molecular weight excluding hydrogens is 448 g/mol. The number of nitrogens with zero attached hydrogens (tertiary/aromatic N) is 3. The third-order valence-corrected chi connectivity index (χ3v) is 5.20. The summed E-state index contributed by atoms with van der Waals surface area (Å²) in [5, 5.41) is 2.81. The monoisotopic (exact) mass is 467 g/mol. The molecule has 2 fully saturated rings. The van der Waals surface area contributed by atoms with Crippen molar-refractivity contribution in [1.82, 2.24) is 15.3 Å². The lowest BCUT2D eigenvalue weighted by Crippen LogP contribution is -2.56. The minimum Gasteiger partial charge on any atom is -0.475 e. The molecule has 1 saturated heterocycles. The van der Waals surface area contributed by atoms with Gasteiger partial charge in [-0.25, -0.2) is 18.6 Å². The zero-order valence-electron chi connectivity index (χ0n) is 16.8. The average molecular weight is 468 g/mol. The fourth-order valence-corrected chi connectivity index (χ4v) is 3.20. The summed E-state index contributed by atoms with van der Waals surface area (Å²) in [6, 6.07) is 5.01. The molecule has 9 nitrogen and oxygen atoms in total. The van der Waals surface area contributed by atoms with Crippen molar-refractivity contribution in [2.45, 2.75) is 24.8 Å². The summed E-state index contributed by atoms with van der Waals surface area (Å²) in [7, 11) is 0. The number of carbonyl (C=O) groups excluding carboxylic acids is 2. The van der Waals surface area contributed by atoms with Crippen LogP contribution in [0.15, 0.2) is 30.5 Å². The van der Waals surface area contributed by atoms with Gasteiger partial charge in [-0.2, -0.15) is 4.98 Å². The van der Waals surface area contributed by atoms with Crippen molar-refractivity contribution < 1.29 is 27.8 Å². The van der Waals surface area contributed by atoms with E-state index in [0.29, 0.717) is 23.1 Å². The number of primary amides is 1. The summed E-state index contributed by atoms with van der Waals surface area (Å²) in [5.41, 5.74) is 5.80. The number of hydrogen-bond donors (Lipinski definition) is 2. The Balaban J connectivity index is 1.46. The molecule has 2 aromatic rings. The van der Waals surface area contributed by atoms with Crippen molar-refractivity contribution in [3.8, 4) is 11.8 Å². The number of rotatable bonds is 8. The van der Waals surface area contributed by atoms with Crippen LogP contribution in [0.2, 0.25) is 5.02 Å². The van der Waals surface area contributed by atoms with E-state index in [1.807, 2.05) is 0 Å². The van der Waals surface area contributed by atoms with Gasteiger partial charge in [0.15, 0.2) is 5.82 Å². The lowest BCUT2D eigenvalue weighted by molar-refractivity contribution is -0.120. The third-order valence-electron chi connectivity index (χ3n) is 4.94. The first-order chi connectivity index (χ1) is 15.2. The maximum atomic E-state index is 13.3. The number of nitrogens with two attached hydrogens (primary N) is 1. The molecule has 1 aromatic carbocycles. The molecule has 1 saturated carbocycles. The fourth-order valence-electron chi connectivity index (χ4n) is 3.07. The van der Waals surface area contributed by atoms with Crippen molar-refractivity contribution in [2.75, 3.05) is 24.6 Å². The zero-order chi connectivity index (χ0) is 22.9. The molecule has 32 heavy (non-hydrogen) atoms. The average Bonchev–Trinajstić information content (AvgIpc) is 3.54. The smallest absolute Gasteiger partial charge is 0.414 e. The van der Waals surface area contributed by atoms with Crippen molar-refractivity contribution in [3.63, 3.8) is 0 Å². The van der Waals surface area contributed by atoms with Crippen molar-refractivity contribution in [3.05, 3.63) is 41.0 Å². The number of amides is 2. The molecule has 0 spiro atoms. The second-order valence-electron chi connectivity index (χ2n) is 7.72. The van der Waals surface area contributed by atoms with Crippen molar-refractivity contribution >= 4 is 29.4 Å². The summed E-state index contributed by atoms with van der Waals surface area (Å²) in [4.78, 5) is 33.7. The lowest BCUT2D eigenvalue weighted by Gasteiger charge is -2.39. The van der Waals surface area contributed by atoms with Crippen molar-refractivity contribution in [1.29, 1.82) is 0 Å². The number of aromatic nitrogens is 2. The van der Waals surface area contributed by atoms with E-state index in [1.54, 1.807) is 24.3 Å². The van der Waals surface area contributed by atoms with Crippen molar-refractivity contribution in [2.24, 2.45) is 11.7 Å². The van der Waals surface area contributed by atoms with E-state index in [2.05, 4.69) is 15.3 Å². The van der Waals surface area contributed by atoms with Gasteiger partial charge in [-0.1, -0.05) is 23.7 Å². The number of nitrogens with one attached hydrogen (secondary N) is 1. The molecule has 1 aliphatic heterocycles. The number of benzene rings is 1. The summed E-state index contributed by atoms with van der Waals surface area (Å²) < 4.78 is 37.3. The quantitative estimate of drug-likeness (QED) is 0.612. The van der Waals surface area contributed by atoms with Crippen LogP contribution < -0.4 is 25.4 Å². The zero-order valence-corrected chi connectivity index (χ0v) is 17.5. The third kappa shape index (κ3) is 5.34. The molecule has 1 atom stereocenters. The van der Waals surface area contributed by atoms with Gasteiger partial charge < -0.3 is 25.4 Å². The molecule has 0 radical (unpaired) electrons. The molecule has 1 aliphatic carbocycles. The first kappa shape index (κ1) is 22.0. The molecule has 0 bridgehead atoms. The number of carbonyl (C=O) groups is 2. The Bertz CT molecular complexity index is 1010. The van der Waals surface area contributed by atoms with Gasteiger partial charge in [-0.15, -0.1) is 0 Å². The van der Waals surface area contributed by atoms with Crippen LogP contribution in [0.1, 0.15) is 24.4 Å². The van der Waals surface area contributed by atoms with Crippen LogP contribution in [-0.2, 0) is 4.79 Å². The first-order valence-corrected chi connectivity index (χ1v) is 10.2. The number of alkyl halides is 2. The minimum atomic E-state index is -2.80. The maximum absolute atomic E-state index is 13.3. The Morgan fingerprint density at radius 2 is 1.97 bits per heavy atom. The molecule has 12 heteroatoms. The van der Waals surface area contributed by atoms with Crippen LogP contribution in [0.4, 0.5) is 19.4 Å². The Kier molecular flexibility index (Phi) is 6.00. The fraction of sp³-hybridized carbons (Fsp3) is 0.400. The molecule has 2 aliphatic rings. The van der Waals surface area contributed by atoms with Gasteiger partial charge in [0.05, 0.1) is 25.9 Å². The Morgan fingerprint density at radius 3 is 2.56 bits per heavy atom. The number of hydrogen-bond acceptors (Lipinski definition) is 7. The van der Waals surface area contributed by atoms with E-state index in [0.717, 1.165) is 19.0 Å². The van der Waals surface area contributed by atoms with E-state index in [-0.39, 0.29) is 17.6 Å². The highest BCUT2D eigenvalue weighted by Crippen LogP contribution is 2.37. The normalized spacial score (nSPS) is 17.8. The molecule has 1 aromatic heterocycles. The highest BCUT2D eigenvalue weighted by Gasteiger charge is 2.46. The van der Waals surface area contributed by atoms with Crippen LogP contribution in [0.3, 0.4) is 0 Å². The van der Waals surface area contributed by atoms with Crippen LogP contribution in [0, 0.1) is 5.92 Å². The maximum Gasteiger partial charge on any atom is 0.414 e. The first-order valence-electron chi connectivity index (χ1n) is 9.86. The number of ether oxygens (including phenoxy) is 2. The SMILES string of the molecule is NC(=O)[C@@H](NC(=O)Oc1cnc(N2CC(F)(F)C2)c(OCC2CC2)n1)c1ccc(Cl)cc1. The largest absolute Gasteiger partial charge is 0.475 e. The van der Waals surface area contributed by atoms with Crippen LogP contribution >= 0.6 is 11.6 Å². The Hall–Kier alpha value is -3.21.